The Morgan fingerprint density at radius 2 is 1.83 bits per heavy atom. The number of carboxylic acids is 1. The molecule has 1 aromatic carbocycles. The topological polar surface area (TPSA) is 40.5 Å². The molecule has 0 aromatic heterocycles. The van der Waals surface area contributed by atoms with Gasteiger partial charge < -0.3 is 5.11 Å². The lowest BCUT2D eigenvalue weighted by Crippen LogP contribution is -2.45. The summed E-state index contributed by atoms with van der Waals surface area (Å²) < 4.78 is 1.02. The number of carbonyl (C=O) groups is 1. The van der Waals surface area contributed by atoms with Crippen LogP contribution >= 0.6 is 15.9 Å². The van der Waals surface area contributed by atoms with Crippen LogP contribution in [0.25, 0.3) is 0 Å². The Bertz CT molecular complexity index is 399. The van der Waals surface area contributed by atoms with Gasteiger partial charge in [-0.2, -0.15) is 0 Å². The van der Waals surface area contributed by atoms with E-state index in [9.17, 15) is 9.90 Å². The van der Waals surface area contributed by atoms with Crippen LogP contribution in [0.5, 0.6) is 0 Å². The number of hydrogen-bond donors (Lipinski definition) is 1. The Labute approximate surface area is 116 Å². The van der Waals surface area contributed by atoms with Gasteiger partial charge in [0.15, 0.2) is 0 Å². The molecule has 1 N–H and O–H groups in total. The molecule has 1 fully saturated rings. The SMILES string of the molecule is O=C(O)C(Cc1ccc(Br)cc1)N1CCCCC1. The molecular weight excluding hydrogens is 294 g/mol. The molecule has 2 rings (SSSR count). The number of piperidine rings is 1. The fourth-order valence-corrected chi connectivity index (χ4v) is 2.71. The second kappa shape index (κ2) is 6.34. The molecule has 1 aliphatic heterocycles. The Morgan fingerprint density at radius 1 is 1.22 bits per heavy atom. The Morgan fingerprint density at radius 3 is 2.39 bits per heavy atom. The molecule has 0 radical (unpaired) electrons. The van der Waals surface area contributed by atoms with Gasteiger partial charge in [0, 0.05) is 4.47 Å². The Kier molecular flexibility index (Phi) is 4.78. The van der Waals surface area contributed by atoms with Crippen LogP contribution in [0.3, 0.4) is 0 Å². The smallest absolute Gasteiger partial charge is 0.321 e. The van der Waals surface area contributed by atoms with Crippen molar-refractivity contribution in [2.45, 2.75) is 31.7 Å². The second-order valence-corrected chi connectivity index (χ2v) is 5.70. The minimum atomic E-state index is -0.709. The molecule has 1 aromatic rings. The summed E-state index contributed by atoms with van der Waals surface area (Å²) in [4.78, 5) is 13.5. The molecule has 1 heterocycles. The third-order valence-electron chi connectivity index (χ3n) is 3.46. The van der Waals surface area contributed by atoms with E-state index in [0.29, 0.717) is 6.42 Å². The van der Waals surface area contributed by atoms with Gasteiger partial charge in [-0.25, -0.2) is 0 Å². The Hall–Kier alpha value is -0.870. The van der Waals surface area contributed by atoms with Crippen molar-refractivity contribution in [2.75, 3.05) is 13.1 Å². The van der Waals surface area contributed by atoms with E-state index in [0.717, 1.165) is 36.0 Å². The molecule has 1 aliphatic rings. The van der Waals surface area contributed by atoms with Gasteiger partial charge in [-0.1, -0.05) is 34.5 Å². The summed E-state index contributed by atoms with van der Waals surface area (Å²) in [6, 6.07) is 7.52. The van der Waals surface area contributed by atoms with E-state index in [4.69, 9.17) is 0 Å². The predicted octanol–water partition coefficient (Wildman–Crippen LogP) is 2.93. The van der Waals surface area contributed by atoms with Gasteiger partial charge in [-0.15, -0.1) is 0 Å². The average Bonchev–Trinajstić information content (AvgIpc) is 2.38. The van der Waals surface area contributed by atoms with Gasteiger partial charge >= 0.3 is 5.97 Å². The fraction of sp³-hybridized carbons (Fsp3) is 0.500. The second-order valence-electron chi connectivity index (χ2n) is 4.78. The first-order chi connectivity index (χ1) is 8.66. The molecule has 0 amide bonds. The number of benzene rings is 1. The van der Waals surface area contributed by atoms with Gasteiger partial charge in [-0.3, -0.25) is 9.69 Å². The molecule has 1 saturated heterocycles. The Balaban J connectivity index is 2.05. The van der Waals surface area contributed by atoms with E-state index >= 15 is 0 Å². The van der Waals surface area contributed by atoms with E-state index in [1.165, 1.54) is 6.42 Å². The number of rotatable bonds is 4. The number of nitrogens with zero attached hydrogens (tertiary/aromatic N) is 1. The van der Waals surface area contributed by atoms with Gasteiger partial charge in [-0.05, 0) is 50.0 Å². The monoisotopic (exact) mass is 311 g/mol. The normalized spacial score (nSPS) is 18.5. The highest BCUT2D eigenvalue weighted by atomic mass is 79.9. The summed E-state index contributed by atoms with van der Waals surface area (Å²) in [7, 11) is 0. The van der Waals surface area contributed by atoms with Crippen LogP contribution in [0.15, 0.2) is 28.7 Å². The summed E-state index contributed by atoms with van der Waals surface area (Å²) in [5, 5.41) is 9.39. The van der Waals surface area contributed by atoms with Crippen molar-refractivity contribution in [1.82, 2.24) is 4.90 Å². The van der Waals surface area contributed by atoms with Gasteiger partial charge in [0.05, 0.1) is 0 Å². The van der Waals surface area contributed by atoms with Crippen molar-refractivity contribution in [1.29, 1.82) is 0 Å². The molecular formula is C14H18BrNO2. The predicted molar refractivity (Wildman–Crippen MR) is 74.7 cm³/mol. The number of carboxylic acid groups (broad SMARTS) is 1. The molecule has 98 valence electrons. The zero-order valence-electron chi connectivity index (χ0n) is 10.3. The molecule has 4 heteroatoms. The molecule has 0 saturated carbocycles. The number of aliphatic carboxylic acids is 1. The van der Waals surface area contributed by atoms with Gasteiger partial charge in [0.1, 0.15) is 6.04 Å². The van der Waals surface area contributed by atoms with Crippen molar-refractivity contribution >= 4 is 21.9 Å². The van der Waals surface area contributed by atoms with Crippen molar-refractivity contribution in [2.24, 2.45) is 0 Å². The van der Waals surface area contributed by atoms with Crippen molar-refractivity contribution in [3.63, 3.8) is 0 Å². The molecule has 3 nitrogen and oxygen atoms in total. The highest BCUT2D eigenvalue weighted by Gasteiger charge is 2.26. The van der Waals surface area contributed by atoms with Crippen molar-refractivity contribution in [3.8, 4) is 0 Å². The lowest BCUT2D eigenvalue weighted by Gasteiger charge is -2.32. The van der Waals surface area contributed by atoms with Crippen molar-refractivity contribution < 1.29 is 9.90 Å². The van der Waals surface area contributed by atoms with Crippen LogP contribution in [0, 0.1) is 0 Å². The van der Waals surface area contributed by atoms with Gasteiger partial charge in [0.25, 0.3) is 0 Å². The van der Waals surface area contributed by atoms with Crippen LogP contribution in [0.4, 0.5) is 0 Å². The lowest BCUT2D eigenvalue weighted by atomic mass is 10.0. The van der Waals surface area contributed by atoms with Crippen LogP contribution in [-0.4, -0.2) is 35.1 Å². The lowest BCUT2D eigenvalue weighted by molar-refractivity contribution is -0.143. The maximum atomic E-state index is 11.4. The third kappa shape index (κ3) is 3.56. The molecule has 1 unspecified atom stereocenters. The van der Waals surface area contributed by atoms with Crippen LogP contribution in [-0.2, 0) is 11.2 Å². The average molecular weight is 312 g/mol. The van der Waals surface area contributed by atoms with Crippen LogP contribution in [0.1, 0.15) is 24.8 Å². The first-order valence-electron chi connectivity index (χ1n) is 6.38. The number of halogens is 1. The van der Waals surface area contributed by atoms with E-state index in [2.05, 4.69) is 20.8 Å². The van der Waals surface area contributed by atoms with Crippen LogP contribution < -0.4 is 0 Å². The first kappa shape index (κ1) is 13.6. The molecule has 1 atom stereocenters. The highest BCUT2D eigenvalue weighted by Crippen LogP contribution is 2.17. The molecule has 0 bridgehead atoms. The fourth-order valence-electron chi connectivity index (χ4n) is 2.45. The van der Waals surface area contributed by atoms with E-state index in [1.54, 1.807) is 0 Å². The zero-order chi connectivity index (χ0) is 13.0. The minimum absolute atomic E-state index is 0.383. The summed E-state index contributed by atoms with van der Waals surface area (Å²) in [5.74, 6) is -0.709. The summed E-state index contributed by atoms with van der Waals surface area (Å²) in [6.07, 6.45) is 4.04. The maximum Gasteiger partial charge on any atom is 0.321 e. The van der Waals surface area contributed by atoms with E-state index in [1.807, 2.05) is 24.3 Å². The van der Waals surface area contributed by atoms with E-state index in [-0.39, 0.29) is 6.04 Å². The number of hydrogen-bond acceptors (Lipinski definition) is 2. The van der Waals surface area contributed by atoms with Crippen molar-refractivity contribution in [3.05, 3.63) is 34.3 Å². The molecule has 0 spiro atoms. The maximum absolute atomic E-state index is 11.4. The highest BCUT2D eigenvalue weighted by molar-refractivity contribution is 9.10. The van der Waals surface area contributed by atoms with Gasteiger partial charge in [0.2, 0.25) is 0 Å². The minimum Gasteiger partial charge on any atom is -0.480 e. The molecule has 18 heavy (non-hydrogen) atoms. The number of likely N-dealkylation sites (tertiary alicyclic amines) is 1. The third-order valence-corrected chi connectivity index (χ3v) is 3.99. The quantitative estimate of drug-likeness (QED) is 0.929. The van der Waals surface area contributed by atoms with E-state index < -0.39 is 5.97 Å². The summed E-state index contributed by atoms with van der Waals surface area (Å²) in [5.41, 5.74) is 1.08. The first-order valence-corrected chi connectivity index (χ1v) is 7.17. The van der Waals surface area contributed by atoms with Crippen LogP contribution in [0.2, 0.25) is 0 Å². The molecule has 0 aliphatic carbocycles. The summed E-state index contributed by atoms with van der Waals surface area (Å²) in [6.45, 7) is 1.82. The largest absolute Gasteiger partial charge is 0.480 e. The zero-order valence-corrected chi connectivity index (χ0v) is 11.9. The standard InChI is InChI=1S/C14H18BrNO2/c15-12-6-4-11(5-7-12)10-13(14(17)18)16-8-2-1-3-9-16/h4-7,13H,1-3,8-10H2,(H,17,18). The summed E-state index contributed by atoms with van der Waals surface area (Å²) >= 11 is 3.39.